The van der Waals surface area contributed by atoms with Gasteiger partial charge in [-0.05, 0) is 61.3 Å². The number of benzene rings is 1. The Balaban J connectivity index is 1.30. The molecule has 146 valence electrons. The fraction of sp³-hybridized carbons (Fsp3) is 0.429. The van der Waals surface area contributed by atoms with Gasteiger partial charge < -0.3 is 10.6 Å². The van der Waals surface area contributed by atoms with Crippen molar-refractivity contribution in [3.63, 3.8) is 0 Å². The fourth-order valence-electron chi connectivity index (χ4n) is 4.61. The molecule has 1 aromatic carbocycles. The van der Waals surface area contributed by atoms with Gasteiger partial charge >= 0.3 is 0 Å². The maximum atomic E-state index is 12.5. The Bertz CT molecular complexity index is 846. The van der Waals surface area contributed by atoms with E-state index in [1.807, 2.05) is 0 Å². The predicted molar refractivity (Wildman–Crippen MR) is 106 cm³/mol. The molecular formula is C21H23ClN4O2. The first-order valence-electron chi connectivity index (χ1n) is 9.70. The first-order chi connectivity index (χ1) is 13.6. The second-order valence-electron chi connectivity index (χ2n) is 7.63. The van der Waals surface area contributed by atoms with Crippen molar-refractivity contribution < 1.29 is 9.59 Å². The van der Waals surface area contributed by atoms with E-state index < -0.39 is 0 Å². The van der Waals surface area contributed by atoms with Crippen molar-refractivity contribution in [2.75, 3.05) is 0 Å². The first-order valence-corrected chi connectivity index (χ1v) is 10.1. The van der Waals surface area contributed by atoms with Gasteiger partial charge in [-0.2, -0.15) is 0 Å². The first kappa shape index (κ1) is 18.9. The Kier molecular flexibility index (Phi) is 5.31. The van der Waals surface area contributed by atoms with E-state index in [2.05, 4.69) is 27.5 Å². The molecule has 28 heavy (non-hydrogen) atoms. The summed E-state index contributed by atoms with van der Waals surface area (Å²) in [4.78, 5) is 32.7. The number of fused-ring (bicyclic) bond motifs is 1. The summed E-state index contributed by atoms with van der Waals surface area (Å²) in [6, 6.07) is 7.29. The molecule has 2 aliphatic carbocycles. The van der Waals surface area contributed by atoms with Crippen LogP contribution in [-0.4, -0.2) is 33.9 Å². The number of carbonyl (C=O) groups excluding carboxylic acids is 2. The second-order valence-corrected chi connectivity index (χ2v) is 8.07. The van der Waals surface area contributed by atoms with E-state index in [9.17, 15) is 9.59 Å². The summed E-state index contributed by atoms with van der Waals surface area (Å²) < 4.78 is 0. The highest BCUT2D eigenvalue weighted by atomic mass is 35.5. The molecule has 2 aromatic rings. The number of nitrogens with zero attached hydrogens (tertiary/aromatic N) is 2. The van der Waals surface area contributed by atoms with Gasteiger partial charge in [0.2, 0.25) is 0 Å². The van der Waals surface area contributed by atoms with Crippen LogP contribution in [0.2, 0.25) is 5.02 Å². The molecule has 2 N–H and O–H groups in total. The van der Waals surface area contributed by atoms with Crippen LogP contribution in [0.15, 0.2) is 42.9 Å². The Labute approximate surface area is 169 Å². The number of aromatic nitrogens is 2. The minimum absolute atomic E-state index is 0.0546. The normalized spacial score (nSPS) is 26.2. The molecule has 7 heteroatoms. The summed E-state index contributed by atoms with van der Waals surface area (Å²) in [5, 5.41) is 6.87. The number of rotatable bonds is 6. The molecule has 5 atom stereocenters. The lowest BCUT2D eigenvalue weighted by Gasteiger charge is -2.22. The summed E-state index contributed by atoms with van der Waals surface area (Å²) in [7, 11) is 0. The van der Waals surface area contributed by atoms with Crippen LogP contribution < -0.4 is 10.6 Å². The van der Waals surface area contributed by atoms with E-state index in [0.29, 0.717) is 34.0 Å². The van der Waals surface area contributed by atoms with Crippen LogP contribution in [0.4, 0.5) is 0 Å². The van der Waals surface area contributed by atoms with E-state index in [-0.39, 0.29) is 23.9 Å². The summed E-state index contributed by atoms with van der Waals surface area (Å²) in [6.45, 7) is 2.11. The minimum Gasteiger partial charge on any atom is -0.349 e. The molecule has 2 fully saturated rings. The van der Waals surface area contributed by atoms with E-state index in [4.69, 9.17) is 11.6 Å². The van der Waals surface area contributed by atoms with Gasteiger partial charge in [0.15, 0.2) is 0 Å². The van der Waals surface area contributed by atoms with Crippen molar-refractivity contribution in [3.05, 3.63) is 59.1 Å². The third-order valence-electron chi connectivity index (χ3n) is 5.97. The van der Waals surface area contributed by atoms with Crippen LogP contribution >= 0.6 is 11.6 Å². The van der Waals surface area contributed by atoms with Crippen molar-refractivity contribution >= 4 is 23.4 Å². The highest BCUT2D eigenvalue weighted by Gasteiger charge is 2.58. The lowest BCUT2D eigenvalue weighted by Crippen LogP contribution is -2.39. The van der Waals surface area contributed by atoms with Crippen molar-refractivity contribution in [2.45, 2.75) is 38.3 Å². The van der Waals surface area contributed by atoms with Gasteiger partial charge in [-0.3, -0.25) is 14.6 Å². The van der Waals surface area contributed by atoms with Crippen molar-refractivity contribution in [1.29, 1.82) is 0 Å². The number of hydrogen-bond donors (Lipinski definition) is 2. The Morgan fingerprint density at radius 2 is 1.86 bits per heavy atom. The highest BCUT2D eigenvalue weighted by Crippen LogP contribution is 2.59. The molecular weight excluding hydrogens is 376 g/mol. The number of nitrogens with one attached hydrogen (secondary N) is 2. The number of halogens is 1. The molecule has 4 rings (SSSR count). The summed E-state index contributed by atoms with van der Waals surface area (Å²) in [5.41, 5.74) is 0.976. The van der Waals surface area contributed by atoms with Crippen molar-refractivity contribution in [3.8, 4) is 0 Å². The monoisotopic (exact) mass is 398 g/mol. The van der Waals surface area contributed by atoms with E-state index in [1.54, 1.807) is 30.5 Å². The quantitative estimate of drug-likeness (QED) is 0.783. The third kappa shape index (κ3) is 3.87. The zero-order chi connectivity index (χ0) is 19.7. The smallest absolute Gasteiger partial charge is 0.271 e. The Morgan fingerprint density at radius 1 is 1.14 bits per heavy atom. The lowest BCUT2D eigenvalue weighted by atomic mass is 9.99. The van der Waals surface area contributed by atoms with Gasteiger partial charge in [-0.25, -0.2) is 4.98 Å². The van der Waals surface area contributed by atoms with Gasteiger partial charge in [0.05, 0.1) is 6.20 Å². The largest absolute Gasteiger partial charge is 0.349 e. The molecule has 1 aromatic heterocycles. The van der Waals surface area contributed by atoms with Crippen LogP contribution in [0.25, 0.3) is 0 Å². The molecule has 2 amide bonds. The Morgan fingerprint density at radius 3 is 2.46 bits per heavy atom. The topological polar surface area (TPSA) is 84.0 Å². The van der Waals surface area contributed by atoms with Gasteiger partial charge in [0.25, 0.3) is 11.8 Å². The molecule has 6 nitrogen and oxygen atoms in total. The van der Waals surface area contributed by atoms with Gasteiger partial charge in [-0.1, -0.05) is 18.5 Å². The average Bonchev–Trinajstić information content (AvgIpc) is 3.20. The predicted octanol–water partition coefficient (Wildman–Crippen LogP) is 3.09. The molecule has 0 radical (unpaired) electrons. The average molecular weight is 399 g/mol. The van der Waals surface area contributed by atoms with Gasteiger partial charge in [0, 0.05) is 35.1 Å². The molecule has 1 unspecified atom stereocenters. The van der Waals surface area contributed by atoms with E-state index >= 15 is 0 Å². The lowest BCUT2D eigenvalue weighted by molar-refractivity contribution is 0.0926. The SMILES string of the molecule is CCC(NC(=O)c1ccc(Cl)cc1)[C@H]1[C@@H]2C[C@@H](NC(=O)c3cnccn3)C[C@@H]21. The molecule has 0 spiro atoms. The van der Waals surface area contributed by atoms with E-state index in [1.165, 1.54) is 12.4 Å². The molecule has 2 saturated carbocycles. The standard InChI is InChI=1S/C21H23ClN4O2/c1-2-17(26-20(27)12-3-5-13(22)6-4-12)19-15-9-14(10-16(15)19)25-21(28)18-11-23-7-8-24-18/h3-8,11,14-17,19H,2,9-10H2,1H3,(H,25,28)(H,26,27)/t14-,15-,16+,17?,19+. The number of amides is 2. The molecule has 0 saturated heterocycles. The Hall–Kier alpha value is -2.47. The van der Waals surface area contributed by atoms with Crippen molar-refractivity contribution in [1.82, 2.24) is 20.6 Å². The zero-order valence-electron chi connectivity index (χ0n) is 15.6. The van der Waals surface area contributed by atoms with Crippen LogP contribution in [-0.2, 0) is 0 Å². The summed E-state index contributed by atoms with van der Waals surface area (Å²) in [6.07, 6.45) is 7.35. The second kappa shape index (κ2) is 7.87. The molecule has 0 aliphatic heterocycles. The van der Waals surface area contributed by atoms with Crippen LogP contribution in [0, 0.1) is 17.8 Å². The van der Waals surface area contributed by atoms with Gasteiger partial charge in [-0.15, -0.1) is 0 Å². The highest BCUT2D eigenvalue weighted by molar-refractivity contribution is 6.30. The molecule has 2 aliphatic rings. The third-order valence-corrected chi connectivity index (χ3v) is 6.22. The zero-order valence-corrected chi connectivity index (χ0v) is 16.4. The number of carbonyl (C=O) groups is 2. The fourth-order valence-corrected chi connectivity index (χ4v) is 4.73. The maximum Gasteiger partial charge on any atom is 0.271 e. The minimum atomic E-state index is -0.168. The maximum absolute atomic E-state index is 12.5. The molecule has 0 bridgehead atoms. The van der Waals surface area contributed by atoms with Crippen LogP contribution in [0.5, 0.6) is 0 Å². The summed E-state index contributed by atoms with van der Waals surface area (Å²) in [5.74, 6) is 1.39. The van der Waals surface area contributed by atoms with Crippen LogP contribution in [0.3, 0.4) is 0 Å². The van der Waals surface area contributed by atoms with Gasteiger partial charge in [0.1, 0.15) is 5.69 Å². The summed E-state index contributed by atoms with van der Waals surface area (Å²) >= 11 is 5.89. The van der Waals surface area contributed by atoms with Crippen LogP contribution in [0.1, 0.15) is 47.0 Å². The molecule has 1 heterocycles. The van der Waals surface area contributed by atoms with Crippen molar-refractivity contribution in [2.24, 2.45) is 17.8 Å². The number of hydrogen-bond acceptors (Lipinski definition) is 4. The van der Waals surface area contributed by atoms with E-state index in [0.717, 1.165) is 19.3 Å².